The number of hydrogen-bond acceptors (Lipinski definition) is 11. The number of non-ortho nitro benzene ring substituents is 1. The number of benzene rings is 1. The van der Waals surface area contributed by atoms with Crippen molar-refractivity contribution in [2.75, 3.05) is 39.3 Å². The molecule has 3 fully saturated rings. The molecule has 0 aliphatic carbocycles. The lowest BCUT2D eigenvalue weighted by atomic mass is 9.79. The second-order valence-electron chi connectivity index (χ2n) is 11.5. The van der Waals surface area contributed by atoms with Gasteiger partial charge in [-0.1, -0.05) is 6.92 Å². The summed E-state index contributed by atoms with van der Waals surface area (Å²) in [6.45, 7) is 6.23. The summed E-state index contributed by atoms with van der Waals surface area (Å²) in [6.07, 6.45) is -0.346. The number of nitrogens with one attached hydrogen (secondary N) is 1. The molecule has 4 aliphatic rings. The summed E-state index contributed by atoms with van der Waals surface area (Å²) >= 11 is 1.46. The molecule has 43 heavy (non-hydrogen) atoms. The number of piperazine rings is 1. The molecule has 4 N–H and O–H groups in total. The van der Waals surface area contributed by atoms with Gasteiger partial charge in [0.1, 0.15) is 12.3 Å². The second-order valence-corrected chi connectivity index (χ2v) is 12.8. The van der Waals surface area contributed by atoms with Gasteiger partial charge in [0.05, 0.1) is 35.6 Å². The van der Waals surface area contributed by atoms with Gasteiger partial charge in [-0.25, -0.2) is 4.79 Å². The molecule has 4 heterocycles. The van der Waals surface area contributed by atoms with Crippen molar-refractivity contribution in [3.8, 4) is 0 Å². The molecule has 0 bridgehead atoms. The van der Waals surface area contributed by atoms with Crippen molar-refractivity contribution >= 4 is 41.1 Å². The number of fused-ring (bicyclic) bond motifs is 1. The average Bonchev–Trinajstić information content (AvgIpc) is 3.52. The van der Waals surface area contributed by atoms with Crippen LogP contribution in [-0.4, -0.2) is 111 Å². The predicted octanol–water partition coefficient (Wildman–Crippen LogP) is -0.200. The minimum Gasteiger partial charge on any atom is -0.456 e. The first kappa shape index (κ1) is 30.9. The van der Waals surface area contributed by atoms with Crippen molar-refractivity contribution in [2.45, 2.75) is 50.3 Å². The number of hydrogen-bond donors (Lipinski definition) is 3. The van der Waals surface area contributed by atoms with Gasteiger partial charge < -0.3 is 30.7 Å². The number of aliphatic hydroxyl groups excluding tert-OH is 1. The summed E-state index contributed by atoms with van der Waals surface area (Å²) in [5.74, 6) is -2.27. The summed E-state index contributed by atoms with van der Waals surface area (Å²) < 4.78 is 5.58. The maximum atomic E-state index is 13.4. The largest absolute Gasteiger partial charge is 0.456 e. The Bertz CT molecular complexity index is 1330. The molecule has 1 aromatic rings. The van der Waals surface area contributed by atoms with Crippen LogP contribution in [0.15, 0.2) is 34.9 Å². The van der Waals surface area contributed by atoms with Crippen LogP contribution >= 0.6 is 11.8 Å². The van der Waals surface area contributed by atoms with E-state index in [1.54, 1.807) is 11.8 Å². The molecule has 3 amide bonds. The van der Waals surface area contributed by atoms with E-state index < -0.39 is 28.8 Å². The molecule has 14 nitrogen and oxygen atoms in total. The third kappa shape index (κ3) is 6.25. The van der Waals surface area contributed by atoms with Crippen molar-refractivity contribution in [3.05, 3.63) is 50.5 Å². The van der Waals surface area contributed by atoms with Crippen LogP contribution in [0.4, 0.5) is 5.69 Å². The fourth-order valence-corrected chi connectivity index (χ4v) is 7.80. The Morgan fingerprint density at radius 3 is 2.49 bits per heavy atom. The third-order valence-corrected chi connectivity index (χ3v) is 10.1. The lowest BCUT2D eigenvalue weighted by Crippen LogP contribution is -2.63. The number of thioether (sulfide) groups is 1. The number of carbonyl (C=O) groups excluding carboxylic acids is 4. The first-order valence-electron chi connectivity index (χ1n) is 14.3. The summed E-state index contributed by atoms with van der Waals surface area (Å²) in [4.78, 5) is 67.2. The van der Waals surface area contributed by atoms with E-state index in [4.69, 9.17) is 10.5 Å². The zero-order valence-corrected chi connectivity index (χ0v) is 24.8. The minimum absolute atomic E-state index is 0.00817. The third-order valence-electron chi connectivity index (χ3n) is 8.56. The Labute approximate surface area is 252 Å². The number of primary amides is 1. The summed E-state index contributed by atoms with van der Waals surface area (Å²) in [5.41, 5.74) is 5.93. The van der Waals surface area contributed by atoms with Crippen molar-refractivity contribution in [2.24, 2.45) is 17.6 Å². The molecule has 0 saturated carbocycles. The normalized spacial score (nSPS) is 28.0. The Morgan fingerprint density at radius 2 is 1.88 bits per heavy atom. The number of rotatable bonds is 10. The van der Waals surface area contributed by atoms with Gasteiger partial charge >= 0.3 is 5.97 Å². The van der Waals surface area contributed by atoms with E-state index in [1.807, 2.05) is 11.8 Å². The highest BCUT2D eigenvalue weighted by Crippen LogP contribution is 2.52. The zero-order chi connectivity index (χ0) is 31.0. The average molecular weight is 617 g/mol. The number of nitrogens with zero attached hydrogens (tertiary/aromatic N) is 4. The number of nitro benzene ring substituents is 1. The zero-order valence-electron chi connectivity index (χ0n) is 24.0. The number of carbonyl (C=O) groups is 4. The number of ether oxygens (including phenoxy) is 1. The number of aliphatic hydroxyl groups is 1. The van der Waals surface area contributed by atoms with Gasteiger partial charge in [0.2, 0.25) is 17.7 Å². The van der Waals surface area contributed by atoms with Crippen LogP contribution in [0.1, 0.15) is 25.8 Å². The molecule has 0 unspecified atom stereocenters. The molecule has 0 radical (unpaired) electrons. The lowest BCUT2D eigenvalue weighted by molar-refractivity contribution is -0.384. The van der Waals surface area contributed by atoms with E-state index in [-0.39, 0.29) is 59.6 Å². The van der Waals surface area contributed by atoms with Crippen LogP contribution in [-0.2, 0) is 30.5 Å². The predicted molar refractivity (Wildman–Crippen MR) is 155 cm³/mol. The molecule has 4 aliphatic heterocycles. The highest BCUT2D eigenvalue weighted by Gasteiger charge is 2.60. The summed E-state index contributed by atoms with van der Waals surface area (Å²) in [5, 5.41) is 24.5. The highest BCUT2D eigenvalue weighted by molar-refractivity contribution is 8.03. The number of nitro groups is 1. The van der Waals surface area contributed by atoms with Crippen molar-refractivity contribution in [3.63, 3.8) is 0 Å². The van der Waals surface area contributed by atoms with Gasteiger partial charge in [-0.15, -0.1) is 11.8 Å². The number of β-lactam (4-membered cyclic amide) rings is 1. The van der Waals surface area contributed by atoms with Gasteiger partial charge in [0.15, 0.2) is 0 Å². The van der Waals surface area contributed by atoms with Crippen LogP contribution in [0.25, 0.3) is 0 Å². The Balaban J connectivity index is 1.26. The van der Waals surface area contributed by atoms with E-state index >= 15 is 0 Å². The Hall–Kier alpha value is -3.53. The standard InChI is InChI=1S/C28H36N6O8S/c1-15-23-22(16(2)35)27(38)33(23)24(28(39)42-14-17-3-5-18(6-4-17)34(40)41)25(15)43-19-11-20(30-12-19)26(37)32-9-7-31(8-10-32)13-21(29)36/h3-6,15-16,19-20,22-23,30,35H,7-14H2,1-2H3,(H2,29,36)/t15-,16-,19+,20+,22-,23-/m1/s1. The van der Waals surface area contributed by atoms with Gasteiger partial charge in [0.25, 0.3) is 5.69 Å². The molecule has 5 rings (SSSR count). The maximum Gasteiger partial charge on any atom is 0.356 e. The van der Waals surface area contributed by atoms with Crippen LogP contribution in [0, 0.1) is 22.0 Å². The Kier molecular flexibility index (Phi) is 9.06. The molecule has 232 valence electrons. The molecule has 1 aromatic carbocycles. The first-order valence-corrected chi connectivity index (χ1v) is 15.2. The van der Waals surface area contributed by atoms with Crippen LogP contribution < -0.4 is 11.1 Å². The van der Waals surface area contributed by atoms with E-state index in [2.05, 4.69) is 5.32 Å². The maximum absolute atomic E-state index is 13.4. The van der Waals surface area contributed by atoms with Crippen molar-refractivity contribution < 1.29 is 33.9 Å². The molecule has 0 aromatic heterocycles. The molecule has 0 spiro atoms. The summed E-state index contributed by atoms with van der Waals surface area (Å²) in [6, 6.07) is 4.91. The van der Waals surface area contributed by atoms with Crippen molar-refractivity contribution in [1.82, 2.24) is 20.0 Å². The molecular weight excluding hydrogens is 580 g/mol. The van der Waals surface area contributed by atoms with Gasteiger partial charge in [-0.3, -0.25) is 29.4 Å². The van der Waals surface area contributed by atoms with E-state index in [0.717, 1.165) is 0 Å². The van der Waals surface area contributed by atoms with Crippen LogP contribution in [0.3, 0.4) is 0 Å². The molecule has 15 heteroatoms. The van der Waals surface area contributed by atoms with E-state index in [1.165, 1.54) is 40.9 Å². The molecular formula is C28H36N6O8S. The smallest absolute Gasteiger partial charge is 0.356 e. The van der Waals surface area contributed by atoms with Gasteiger partial charge in [-0.05, 0) is 31.0 Å². The fraction of sp³-hybridized carbons (Fsp3) is 0.571. The van der Waals surface area contributed by atoms with Crippen LogP contribution in [0.5, 0.6) is 0 Å². The van der Waals surface area contributed by atoms with Gasteiger partial charge in [-0.2, -0.15) is 0 Å². The van der Waals surface area contributed by atoms with Crippen molar-refractivity contribution in [1.29, 1.82) is 0 Å². The van der Waals surface area contributed by atoms with E-state index in [9.17, 15) is 34.4 Å². The Morgan fingerprint density at radius 1 is 1.21 bits per heavy atom. The van der Waals surface area contributed by atoms with E-state index in [0.29, 0.717) is 49.6 Å². The highest BCUT2D eigenvalue weighted by atomic mass is 32.2. The lowest BCUT2D eigenvalue weighted by Gasteiger charge is -2.46. The molecule has 6 atom stereocenters. The van der Waals surface area contributed by atoms with Crippen LogP contribution in [0.2, 0.25) is 0 Å². The number of nitrogens with two attached hydrogens (primary N) is 1. The summed E-state index contributed by atoms with van der Waals surface area (Å²) in [7, 11) is 0. The fourth-order valence-electron chi connectivity index (χ4n) is 6.33. The monoisotopic (exact) mass is 616 g/mol. The second kappa shape index (κ2) is 12.6. The number of esters is 1. The number of amides is 3. The SMILES string of the molecule is C[C@@H](O)[C@H]1C(=O)N2C(C(=O)OCc3ccc([N+](=O)[O-])cc3)=C(S[C@@H]3CN[C@H](C(=O)N4CCN(CC(N)=O)CC4)C3)[C@H](C)[C@H]12. The quantitative estimate of drug-likeness (QED) is 0.137. The first-order chi connectivity index (χ1) is 20.5. The van der Waals surface area contributed by atoms with Gasteiger partial charge in [0, 0.05) is 60.9 Å². The topological polar surface area (TPSA) is 189 Å². The minimum atomic E-state index is -0.878. The molecule has 3 saturated heterocycles.